The number of allylic oxidation sites excluding steroid dienone is 1. The SMILES string of the molecule is C=C(C)C1CC[C@@]2(C)CCC[C@@](C)(NC=O)C2C1. The number of fused-ring (bicyclic) bond motifs is 1. The zero-order valence-corrected chi connectivity index (χ0v) is 12.1. The highest BCUT2D eigenvalue weighted by atomic mass is 16.1. The minimum Gasteiger partial charge on any atom is -0.353 e. The maximum atomic E-state index is 10.9. The standard InChI is InChI=1S/C16H27NO/c1-12(2)13-6-9-15(3)7-5-8-16(4,17-11-18)14(15)10-13/h11,13-14H,1,5-10H2,2-4H3,(H,17,18)/t13?,14?,15-,16-/m1/s1. The van der Waals surface area contributed by atoms with E-state index in [1.165, 1.54) is 37.7 Å². The second-order valence-electron chi connectivity index (χ2n) is 7.06. The third kappa shape index (κ3) is 2.22. The number of nitrogens with one attached hydrogen (secondary N) is 1. The molecule has 2 saturated carbocycles. The molecule has 0 radical (unpaired) electrons. The number of carbonyl (C=O) groups is 1. The lowest BCUT2D eigenvalue weighted by molar-refractivity contribution is -0.114. The van der Waals surface area contributed by atoms with Gasteiger partial charge in [-0.3, -0.25) is 4.79 Å². The Balaban J connectivity index is 2.25. The molecular weight excluding hydrogens is 222 g/mol. The largest absolute Gasteiger partial charge is 0.353 e. The molecule has 1 N–H and O–H groups in total. The topological polar surface area (TPSA) is 29.1 Å². The van der Waals surface area contributed by atoms with Crippen molar-refractivity contribution in [1.29, 1.82) is 0 Å². The summed E-state index contributed by atoms with van der Waals surface area (Å²) in [6.45, 7) is 11.0. The minimum atomic E-state index is -0.0110. The van der Waals surface area contributed by atoms with Gasteiger partial charge in [-0.05, 0) is 63.2 Å². The van der Waals surface area contributed by atoms with Crippen LogP contribution in [0.2, 0.25) is 0 Å². The Hall–Kier alpha value is -0.790. The van der Waals surface area contributed by atoms with Crippen LogP contribution in [0, 0.1) is 17.3 Å². The summed E-state index contributed by atoms with van der Waals surface area (Å²) >= 11 is 0. The molecule has 2 fully saturated rings. The molecule has 1 amide bonds. The predicted molar refractivity (Wildman–Crippen MR) is 75.2 cm³/mol. The van der Waals surface area contributed by atoms with E-state index in [0.717, 1.165) is 12.8 Å². The van der Waals surface area contributed by atoms with Crippen LogP contribution >= 0.6 is 0 Å². The third-order valence-electron chi connectivity index (χ3n) is 5.72. The molecule has 0 aliphatic heterocycles. The Morgan fingerprint density at radius 2 is 2.06 bits per heavy atom. The maximum Gasteiger partial charge on any atom is 0.207 e. The molecule has 0 spiro atoms. The van der Waals surface area contributed by atoms with Crippen molar-refractivity contribution < 1.29 is 4.79 Å². The molecule has 2 aliphatic rings. The molecule has 18 heavy (non-hydrogen) atoms. The number of hydrogen-bond acceptors (Lipinski definition) is 1. The molecule has 0 aromatic rings. The van der Waals surface area contributed by atoms with Crippen molar-refractivity contribution in [3.63, 3.8) is 0 Å². The Bertz CT molecular complexity index is 351. The van der Waals surface area contributed by atoms with E-state index < -0.39 is 0 Å². The molecule has 102 valence electrons. The normalized spacial score (nSPS) is 43.9. The molecule has 2 aliphatic carbocycles. The second kappa shape index (κ2) is 4.71. The molecule has 2 unspecified atom stereocenters. The fraction of sp³-hybridized carbons (Fsp3) is 0.812. The van der Waals surface area contributed by atoms with Gasteiger partial charge in [0.05, 0.1) is 0 Å². The molecule has 4 atom stereocenters. The predicted octanol–water partition coefficient (Wildman–Crippen LogP) is 3.67. The molecule has 0 saturated heterocycles. The van der Waals surface area contributed by atoms with Crippen LogP contribution in [-0.2, 0) is 4.79 Å². The first kappa shape index (κ1) is 13.6. The summed E-state index contributed by atoms with van der Waals surface area (Å²) in [6.07, 6.45) is 8.33. The summed E-state index contributed by atoms with van der Waals surface area (Å²) in [6, 6.07) is 0. The van der Waals surface area contributed by atoms with Crippen molar-refractivity contribution in [2.75, 3.05) is 0 Å². The van der Waals surface area contributed by atoms with Crippen molar-refractivity contribution >= 4 is 6.41 Å². The van der Waals surface area contributed by atoms with Gasteiger partial charge in [-0.1, -0.05) is 25.5 Å². The van der Waals surface area contributed by atoms with Gasteiger partial charge in [0.15, 0.2) is 0 Å². The molecule has 0 bridgehead atoms. The zero-order valence-electron chi connectivity index (χ0n) is 12.1. The zero-order chi connectivity index (χ0) is 13.4. The van der Waals surface area contributed by atoms with E-state index in [-0.39, 0.29) is 5.54 Å². The van der Waals surface area contributed by atoms with Crippen LogP contribution in [0.5, 0.6) is 0 Å². The summed E-state index contributed by atoms with van der Waals surface area (Å²) < 4.78 is 0. The van der Waals surface area contributed by atoms with E-state index in [0.29, 0.717) is 17.3 Å². The van der Waals surface area contributed by atoms with Crippen LogP contribution in [0.25, 0.3) is 0 Å². The molecule has 2 heteroatoms. The van der Waals surface area contributed by atoms with Gasteiger partial charge in [0.1, 0.15) is 0 Å². The van der Waals surface area contributed by atoms with Crippen LogP contribution in [0.4, 0.5) is 0 Å². The van der Waals surface area contributed by atoms with Gasteiger partial charge in [-0.15, -0.1) is 0 Å². The molecular formula is C16H27NO. The maximum absolute atomic E-state index is 10.9. The Morgan fingerprint density at radius 1 is 1.33 bits per heavy atom. The van der Waals surface area contributed by atoms with Crippen molar-refractivity contribution in [2.45, 2.75) is 64.8 Å². The average molecular weight is 249 g/mol. The van der Waals surface area contributed by atoms with Crippen molar-refractivity contribution in [1.82, 2.24) is 5.32 Å². The van der Waals surface area contributed by atoms with Gasteiger partial charge < -0.3 is 5.32 Å². The highest BCUT2D eigenvalue weighted by molar-refractivity contribution is 5.48. The molecule has 0 heterocycles. The first-order valence-electron chi connectivity index (χ1n) is 7.28. The summed E-state index contributed by atoms with van der Waals surface area (Å²) in [5, 5.41) is 3.13. The lowest BCUT2D eigenvalue weighted by Gasteiger charge is -2.56. The quantitative estimate of drug-likeness (QED) is 0.600. The van der Waals surface area contributed by atoms with Crippen LogP contribution in [0.15, 0.2) is 12.2 Å². The van der Waals surface area contributed by atoms with Gasteiger partial charge in [0.2, 0.25) is 6.41 Å². The van der Waals surface area contributed by atoms with Crippen molar-refractivity contribution in [3.05, 3.63) is 12.2 Å². The summed E-state index contributed by atoms with van der Waals surface area (Å²) in [5.41, 5.74) is 1.72. The minimum absolute atomic E-state index is 0.0110. The van der Waals surface area contributed by atoms with E-state index in [1.807, 2.05) is 0 Å². The van der Waals surface area contributed by atoms with Crippen molar-refractivity contribution in [2.24, 2.45) is 17.3 Å². The van der Waals surface area contributed by atoms with E-state index in [2.05, 4.69) is 32.7 Å². The van der Waals surface area contributed by atoms with Crippen LogP contribution in [0.3, 0.4) is 0 Å². The molecule has 0 aromatic carbocycles. The fourth-order valence-corrected chi connectivity index (χ4v) is 4.48. The van der Waals surface area contributed by atoms with Gasteiger partial charge >= 0.3 is 0 Å². The number of amides is 1. The molecule has 2 rings (SSSR count). The van der Waals surface area contributed by atoms with Gasteiger partial charge in [-0.2, -0.15) is 0 Å². The van der Waals surface area contributed by atoms with Gasteiger partial charge in [-0.25, -0.2) is 0 Å². The van der Waals surface area contributed by atoms with E-state index in [1.54, 1.807) is 0 Å². The summed E-state index contributed by atoms with van der Waals surface area (Å²) in [5.74, 6) is 1.24. The average Bonchev–Trinajstić information content (AvgIpc) is 2.28. The van der Waals surface area contributed by atoms with Gasteiger partial charge in [0.25, 0.3) is 0 Å². The summed E-state index contributed by atoms with van der Waals surface area (Å²) in [4.78, 5) is 10.9. The molecule has 0 aromatic heterocycles. The van der Waals surface area contributed by atoms with E-state index >= 15 is 0 Å². The fourth-order valence-electron chi connectivity index (χ4n) is 4.48. The summed E-state index contributed by atoms with van der Waals surface area (Å²) in [7, 11) is 0. The first-order valence-corrected chi connectivity index (χ1v) is 7.28. The number of hydrogen-bond donors (Lipinski definition) is 1. The second-order valence-corrected chi connectivity index (χ2v) is 7.06. The van der Waals surface area contributed by atoms with Crippen LogP contribution in [0.1, 0.15) is 59.3 Å². The van der Waals surface area contributed by atoms with Crippen LogP contribution < -0.4 is 5.32 Å². The highest BCUT2D eigenvalue weighted by Crippen LogP contribution is 2.56. The van der Waals surface area contributed by atoms with E-state index in [9.17, 15) is 4.79 Å². The third-order valence-corrected chi connectivity index (χ3v) is 5.72. The highest BCUT2D eigenvalue weighted by Gasteiger charge is 2.51. The molecule has 2 nitrogen and oxygen atoms in total. The number of carbonyl (C=O) groups excluding carboxylic acids is 1. The number of rotatable bonds is 3. The van der Waals surface area contributed by atoms with Crippen LogP contribution in [-0.4, -0.2) is 11.9 Å². The first-order chi connectivity index (χ1) is 8.41. The smallest absolute Gasteiger partial charge is 0.207 e. The lowest BCUT2D eigenvalue weighted by Crippen LogP contribution is -2.58. The van der Waals surface area contributed by atoms with Crippen molar-refractivity contribution in [3.8, 4) is 0 Å². The van der Waals surface area contributed by atoms with Gasteiger partial charge in [0, 0.05) is 5.54 Å². The Labute approximate surface area is 111 Å². The lowest BCUT2D eigenvalue weighted by atomic mass is 9.52. The monoisotopic (exact) mass is 249 g/mol. The van der Waals surface area contributed by atoms with E-state index in [4.69, 9.17) is 0 Å². The Morgan fingerprint density at radius 3 is 2.67 bits per heavy atom. The Kier molecular flexibility index (Phi) is 3.57.